The van der Waals surface area contributed by atoms with E-state index in [1.807, 2.05) is 0 Å². The summed E-state index contributed by atoms with van der Waals surface area (Å²) in [6.45, 7) is 5.76. The molecule has 1 N–H and O–H groups in total. The molecule has 0 aliphatic heterocycles. The van der Waals surface area contributed by atoms with Gasteiger partial charge in [0.05, 0.1) is 12.8 Å². The molecule has 4 nitrogen and oxygen atoms in total. The lowest BCUT2D eigenvalue weighted by Crippen LogP contribution is -2.24. The Morgan fingerprint density at radius 1 is 1.53 bits per heavy atom. The highest BCUT2D eigenvalue weighted by molar-refractivity contribution is 6.31. The molecular weight excluding hydrogens is 214 g/mol. The smallest absolute Gasteiger partial charge is 0.235 e. The maximum absolute atomic E-state index is 5.82. The largest absolute Gasteiger partial charge is 0.476 e. The number of hydrogen-bond acceptors (Lipinski definition) is 4. The van der Waals surface area contributed by atoms with Crippen LogP contribution in [0.3, 0.4) is 0 Å². The second-order valence-electron chi connectivity index (χ2n) is 3.49. The second kappa shape index (κ2) is 6.58. The zero-order chi connectivity index (χ0) is 11.1. The fourth-order valence-electron chi connectivity index (χ4n) is 1.04. The van der Waals surface area contributed by atoms with Gasteiger partial charge in [-0.25, -0.2) is 9.97 Å². The topological polar surface area (TPSA) is 47.0 Å². The van der Waals surface area contributed by atoms with Crippen molar-refractivity contribution < 1.29 is 4.74 Å². The van der Waals surface area contributed by atoms with Crippen LogP contribution in [-0.4, -0.2) is 29.2 Å². The summed E-state index contributed by atoms with van der Waals surface area (Å²) in [5.41, 5.74) is 0. The Kier molecular flexibility index (Phi) is 5.36. The van der Waals surface area contributed by atoms with Crippen LogP contribution < -0.4 is 10.1 Å². The first-order valence-corrected chi connectivity index (χ1v) is 5.39. The van der Waals surface area contributed by atoms with Crippen LogP contribution in [0.4, 0.5) is 0 Å². The van der Waals surface area contributed by atoms with E-state index in [4.69, 9.17) is 16.3 Å². The molecule has 0 saturated heterocycles. The van der Waals surface area contributed by atoms with Gasteiger partial charge in [0.15, 0.2) is 0 Å². The molecule has 15 heavy (non-hydrogen) atoms. The van der Waals surface area contributed by atoms with Crippen molar-refractivity contribution in [3.63, 3.8) is 0 Å². The molecule has 0 bridgehead atoms. The third kappa shape index (κ3) is 4.95. The average molecular weight is 230 g/mol. The predicted octanol–water partition coefficient (Wildman–Crippen LogP) is 1.90. The molecule has 1 heterocycles. The summed E-state index contributed by atoms with van der Waals surface area (Å²) in [6, 6.07) is 0.507. The Morgan fingerprint density at radius 3 is 3.00 bits per heavy atom. The molecule has 0 spiro atoms. The van der Waals surface area contributed by atoms with E-state index in [9.17, 15) is 0 Å². The number of nitrogens with one attached hydrogen (secondary N) is 1. The van der Waals surface area contributed by atoms with Crippen LogP contribution in [-0.2, 0) is 0 Å². The van der Waals surface area contributed by atoms with Gasteiger partial charge >= 0.3 is 0 Å². The number of nitrogens with zero attached hydrogens (tertiary/aromatic N) is 2. The van der Waals surface area contributed by atoms with E-state index >= 15 is 0 Å². The zero-order valence-electron chi connectivity index (χ0n) is 9.03. The number of ether oxygens (including phenoxy) is 1. The van der Waals surface area contributed by atoms with Crippen LogP contribution in [0.15, 0.2) is 12.5 Å². The first-order valence-electron chi connectivity index (χ1n) is 5.02. The standard InChI is InChI=1S/C10H16ClN3O/c1-8(2)13-4-3-5-15-10-9(11)6-12-7-14-10/h6-8,13H,3-5H2,1-2H3. The molecule has 0 saturated carbocycles. The Morgan fingerprint density at radius 2 is 2.33 bits per heavy atom. The lowest BCUT2D eigenvalue weighted by Gasteiger charge is -2.08. The van der Waals surface area contributed by atoms with Gasteiger partial charge in [0, 0.05) is 6.04 Å². The quantitative estimate of drug-likeness (QED) is 0.757. The molecule has 0 aliphatic carbocycles. The molecule has 5 heteroatoms. The van der Waals surface area contributed by atoms with Gasteiger partial charge in [0.1, 0.15) is 11.3 Å². The maximum atomic E-state index is 5.82. The normalized spacial score (nSPS) is 10.7. The minimum atomic E-state index is 0.453. The van der Waals surface area contributed by atoms with Crippen molar-refractivity contribution in [2.24, 2.45) is 0 Å². The highest BCUT2D eigenvalue weighted by Gasteiger charge is 2.01. The van der Waals surface area contributed by atoms with Crippen molar-refractivity contribution in [1.29, 1.82) is 0 Å². The zero-order valence-corrected chi connectivity index (χ0v) is 9.79. The summed E-state index contributed by atoms with van der Waals surface area (Å²) >= 11 is 5.82. The summed E-state index contributed by atoms with van der Waals surface area (Å²) < 4.78 is 5.40. The van der Waals surface area contributed by atoms with E-state index in [-0.39, 0.29) is 0 Å². The molecular formula is C10H16ClN3O. The Balaban J connectivity index is 2.18. The molecule has 84 valence electrons. The molecule has 0 amide bonds. The molecule has 0 aromatic carbocycles. The molecule has 1 aromatic heterocycles. The van der Waals surface area contributed by atoms with Gasteiger partial charge in [-0.1, -0.05) is 25.4 Å². The van der Waals surface area contributed by atoms with Crippen LogP contribution in [0.2, 0.25) is 5.02 Å². The number of rotatable bonds is 6. The fraction of sp³-hybridized carbons (Fsp3) is 0.600. The van der Waals surface area contributed by atoms with Crippen molar-refractivity contribution in [2.75, 3.05) is 13.2 Å². The molecule has 0 unspecified atom stereocenters. The van der Waals surface area contributed by atoms with E-state index in [0.29, 0.717) is 23.6 Å². The lowest BCUT2D eigenvalue weighted by atomic mass is 10.3. The van der Waals surface area contributed by atoms with E-state index < -0.39 is 0 Å². The minimum Gasteiger partial charge on any atom is -0.476 e. The number of halogens is 1. The van der Waals surface area contributed by atoms with Crippen molar-refractivity contribution >= 4 is 11.6 Å². The molecule has 0 radical (unpaired) electrons. The molecule has 1 aromatic rings. The van der Waals surface area contributed by atoms with Crippen LogP contribution >= 0.6 is 11.6 Å². The summed E-state index contributed by atoms with van der Waals surface area (Å²) in [5.74, 6) is 0.455. The monoisotopic (exact) mass is 229 g/mol. The van der Waals surface area contributed by atoms with Crippen LogP contribution in [0.5, 0.6) is 5.88 Å². The lowest BCUT2D eigenvalue weighted by molar-refractivity contribution is 0.294. The van der Waals surface area contributed by atoms with Gasteiger partial charge in [-0.15, -0.1) is 0 Å². The van der Waals surface area contributed by atoms with Gasteiger partial charge in [-0.3, -0.25) is 0 Å². The van der Waals surface area contributed by atoms with E-state index in [2.05, 4.69) is 29.1 Å². The van der Waals surface area contributed by atoms with Crippen molar-refractivity contribution in [3.05, 3.63) is 17.5 Å². The molecule has 0 aliphatic rings. The minimum absolute atomic E-state index is 0.453. The van der Waals surface area contributed by atoms with Gasteiger partial charge in [0.25, 0.3) is 0 Å². The Hall–Kier alpha value is -0.870. The first kappa shape index (κ1) is 12.2. The van der Waals surface area contributed by atoms with E-state index in [1.54, 1.807) is 0 Å². The summed E-state index contributed by atoms with van der Waals surface area (Å²) in [5, 5.41) is 3.75. The van der Waals surface area contributed by atoms with E-state index in [1.165, 1.54) is 12.5 Å². The summed E-state index contributed by atoms with van der Waals surface area (Å²) in [6.07, 6.45) is 3.88. The first-order chi connectivity index (χ1) is 7.20. The third-order valence-corrected chi connectivity index (χ3v) is 2.01. The van der Waals surface area contributed by atoms with Gasteiger partial charge in [-0.05, 0) is 13.0 Å². The molecule has 0 fully saturated rings. The van der Waals surface area contributed by atoms with Gasteiger partial charge < -0.3 is 10.1 Å². The van der Waals surface area contributed by atoms with Crippen LogP contribution in [0.25, 0.3) is 0 Å². The Bertz CT molecular complexity index is 294. The fourth-order valence-corrected chi connectivity index (χ4v) is 1.20. The second-order valence-corrected chi connectivity index (χ2v) is 3.89. The SMILES string of the molecule is CC(C)NCCCOc1ncncc1Cl. The molecule has 1 rings (SSSR count). The van der Waals surface area contributed by atoms with Crippen LogP contribution in [0, 0.1) is 0 Å². The third-order valence-electron chi connectivity index (χ3n) is 1.75. The highest BCUT2D eigenvalue weighted by atomic mass is 35.5. The maximum Gasteiger partial charge on any atom is 0.235 e. The highest BCUT2D eigenvalue weighted by Crippen LogP contribution is 2.18. The van der Waals surface area contributed by atoms with Gasteiger partial charge in [-0.2, -0.15) is 0 Å². The van der Waals surface area contributed by atoms with E-state index in [0.717, 1.165) is 13.0 Å². The van der Waals surface area contributed by atoms with Gasteiger partial charge in [0.2, 0.25) is 5.88 Å². The summed E-state index contributed by atoms with van der Waals surface area (Å²) in [7, 11) is 0. The number of hydrogen-bond donors (Lipinski definition) is 1. The average Bonchev–Trinajstić information content (AvgIpc) is 2.20. The molecule has 0 atom stereocenters. The van der Waals surface area contributed by atoms with Crippen molar-refractivity contribution in [1.82, 2.24) is 15.3 Å². The number of aromatic nitrogens is 2. The summed E-state index contributed by atoms with van der Waals surface area (Å²) in [4.78, 5) is 7.70. The Labute approximate surface area is 95.0 Å². The van der Waals surface area contributed by atoms with Crippen molar-refractivity contribution in [3.8, 4) is 5.88 Å². The predicted molar refractivity (Wildman–Crippen MR) is 60.3 cm³/mol. The van der Waals surface area contributed by atoms with Crippen LogP contribution in [0.1, 0.15) is 20.3 Å². The van der Waals surface area contributed by atoms with Crippen molar-refractivity contribution in [2.45, 2.75) is 26.3 Å².